The maximum Gasteiger partial charge on any atom is 0.335 e. The third kappa shape index (κ3) is 3.21. The summed E-state index contributed by atoms with van der Waals surface area (Å²) in [5.74, 6) is -0.920. The topological polar surface area (TPSA) is 79.3 Å². The summed E-state index contributed by atoms with van der Waals surface area (Å²) in [5.41, 5.74) is 1.28. The first-order chi connectivity index (χ1) is 9.47. The highest BCUT2D eigenvalue weighted by Crippen LogP contribution is 2.16. The number of carbonyl (C=O) groups excluding carboxylic acids is 1. The Morgan fingerprint density at radius 3 is 2.25 bits per heavy atom. The number of halogens is 1. The lowest BCUT2D eigenvalue weighted by Crippen LogP contribution is -2.13. The van der Waals surface area contributed by atoms with E-state index in [9.17, 15) is 9.59 Å². The van der Waals surface area contributed by atoms with Gasteiger partial charge in [0.05, 0.1) is 11.3 Å². The largest absolute Gasteiger partial charge is 0.478 e. The number of pyridine rings is 1. The normalized spacial score (nSPS) is 10.1. The monoisotopic (exact) mass is 334 g/mol. The van der Waals surface area contributed by atoms with Crippen LogP contribution in [-0.4, -0.2) is 22.0 Å². The molecule has 0 bridgehead atoms. The lowest BCUT2D eigenvalue weighted by Gasteiger charge is -2.06. The molecule has 0 fully saturated rings. The molecule has 1 aromatic heterocycles. The quantitative estimate of drug-likeness (QED) is 0.903. The first kappa shape index (κ1) is 14.2. The number of carboxylic acids is 1. The van der Waals surface area contributed by atoms with E-state index in [1.807, 2.05) is 6.92 Å². The van der Waals surface area contributed by atoms with Gasteiger partial charge in [-0.1, -0.05) is 0 Å². The van der Waals surface area contributed by atoms with Crippen molar-refractivity contribution in [2.75, 3.05) is 5.32 Å². The van der Waals surface area contributed by atoms with Gasteiger partial charge in [0.1, 0.15) is 5.82 Å². The molecule has 2 rings (SSSR count). The maximum absolute atomic E-state index is 12.0. The second-order valence-corrected chi connectivity index (χ2v) is 4.95. The molecule has 0 aliphatic rings. The molecule has 0 aliphatic carbocycles. The van der Waals surface area contributed by atoms with Gasteiger partial charge in [0.2, 0.25) is 0 Å². The van der Waals surface area contributed by atoms with Gasteiger partial charge in [-0.2, -0.15) is 0 Å². The second-order valence-electron chi connectivity index (χ2n) is 4.10. The van der Waals surface area contributed by atoms with E-state index in [0.717, 1.165) is 10.2 Å². The molecule has 1 amide bonds. The van der Waals surface area contributed by atoms with Crippen LogP contribution in [0, 0.1) is 6.92 Å². The van der Waals surface area contributed by atoms with Crippen LogP contribution in [0.3, 0.4) is 0 Å². The van der Waals surface area contributed by atoms with Gasteiger partial charge in [-0.25, -0.2) is 9.78 Å². The fourth-order valence-electron chi connectivity index (χ4n) is 1.57. The van der Waals surface area contributed by atoms with Gasteiger partial charge < -0.3 is 10.4 Å². The number of aryl methyl sites for hydroxylation is 1. The van der Waals surface area contributed by atoms with Crippen molar-refractivity contribution in [3.05, 3.63) is 57.7 Å². The molecule has 0 saturated heterocycles. The Kier molecular flexibility index (Phi) is 4.14. The van der Waals surface area contributed by atoms with Crippen molar-refractivity contribution in [3.8, 4) is 0 Å². The highest BCUT2D eigenvalue weighted by molar-refractivity contribution is 9.10. The zero-order chi connectivity index (χ0) is 14.7. The van der Waals surface area contributed by atoms with E-state index >= 15 is 0 Å². The molecule has 0 spiro atoms. The van der Waals surface area contributed by atoms with E-state index in [1.54, 1.807) is 12.1 Å². The number of nitrogens with one attached hydrogen (secondary N) is 1. The van der Waals surface area contributed by atoms with E-state index in [4.69, 9.17) is 5.11 Å². The SMILES string of the molecule is Cc1nc(NC(=O)c2ccc(C(=O)O)cc2)ccc1Br. The number of hydrogen-bond donors (Lipinski definition) is 2. The molecule has 102 valence electrons. The fourth-order valence-corrected chi connectivity index (χ4v) is 1.79. The van der Waals surface area contributed by atoms with Crippen LogP contribution in [0.5, 0.6) is 0 Å². The molecule has 0 atom stereocenters. The van der Waals surface area contributed by atoms with Crippen molar-refractivity contribution in [1.82, 2.24) is 4.98 Å². The summed E-state index contributed by atoms with van der Waals surface area (Å²) < 4.78 is 0.862. The first-order valence-corrected chi connectivity index (χ1v) is 6.54. The predicted molar refractivity (Wildman–Crippen MR) is 78.0 cm³/mol. The second kappa shape index (κ2) is 5.83. The van der Waals surface area contributed by atoms with E-state index in [0.29, 0.717) is 11.4 Å². The van der Waals surface area contributed by atoms with Gasteiger partial charge >= 0.3 is 5.97 Å². The van der Waals surface area contributed by atoms with Crippen LogP contribution in [-0.2, 0) is 0 Å². The Morgan fingerprint density at radius 1 is 1.10 bits per heavy atom. The number of aromatic carboxylic acids is 1. The molecule has 0 aliphatic heterocycles. The summed E-state index contributed by atoms with van der Waals surface area (Å²) in [6.07, 6.45) is 0. The van der Waals surface area contributed by atoms with Crippen molar-refractivity contribution in [1.29, 1.82) is 0 Å². The van der Waals surface area contributed by atoms with Crippen LogP contribution in [0.25, 0.3) is 0 Å². The molecular weight excluding hydrogens is 324 g/mol. The van der Waals surface area contributed by atoms with Crippen LogP contribution in [0.2, 0.25) is 0 Å². The average molecular weight is 335 g/mol. The minimum absolute atomic E-state index is 0.138. The number of nitrogens with zero attached hydrogens (tertiary/aromatic N) is 1. The Bertz CT molecular complexity index is 669. The fraction of sp³-hybridized carbons (Fsp3) is 0.0714. The molecule has 6 heteroatoms. The highest BCUT2D eigenvalue weighted by Gasteiger charge is 2.09. The number of anilines is 1. The molecule has 5 nitrogen and oxygen atoms in total. The molecule has 0 radical (unpaired) electrons. The molecule has 0 unspecified atom stereocenters. The molecular formula is C14H11BrN2O3. The molecule has 1 aromatic carbocycles. The molecule has 0 saturated carbocycles. The van der Waals surface area contributed by atoms with Crippen LogP contribution in [0.1, 0.15) is 26.4 Å². The van der Waals surface area contributed by atoms with Crippen molar-refractivity contribution in [2.45, 2.75) is 6.92 Å². The van der Waals surface area contributed by atoms with Gasteiger partial charge in [0.15, 0.2) is 0 Å². The van der Waals surface area contributed by atoms with Crippen LogP contribution in [0.15, 0.2) is 40.9 Å². The predicted octanol–water partition coefficient (Wildman–Crippen LogP) is 3.10. The number of carbonyl (C=O) groups is 2. The molecule has 1 heterocycles. The van der Waals surface area contributed by atoms with Gasteiger partial charge in [0.25, 0.3) is 5.91 Å². The first-order valence-electron chi connectivity index (χ1n) is 5.75. The number of aromatic nitrogens is 1. The Balaban J connectivity index is 2.15. The van der Waals surface area contributed by atoms with E-state index in [-0.39, 0.29) is 11.5 Å². The number of rotatable bonds is 3. The zero-order valence-corrected chi connectivity index (χ0v) is 12.1. The lowest BCUT2D eigenvalue weighted by atomic mass is 10.1. The summed E-state index contributed by atoms with van der Waals surface area (Å²) >= 11 is 3.33. The minimum atomic E-state index is -1.03. The summed E-state index contributed by atoms with van der Waals surface area (Å²) in [6, 6.07) is 9.18. The van der Waals surface area contributed by atoms with E-state index in [2.05, 4.69) is 26.2 Å². The van der Waals surface area contributed by atoms with E-state index < -0.39 is 5.97 Å². The Labute approximate surface area is 123 Å². The summed E-state index contributed by atoms with van der Waals surface area (Å²) in [4.78, 5) is 26.9. The Morgan fingerprint density at radius 2 is 1.70 bits per heavy atom. The van der Waals surface area contributed by atoms with Crippen molar-refractivity contribution in [2.24, 2.45) is 0 Å². The molecule has 2 aromatic rings. The highest BCUT2D eigenvalue weighted by atomic mass is 79.9. The van der Waals surface area contributed by atoms with Crippen molar-refractivity contribution in [3.63, 3.8) is 0 Å². The molecule has 20 heavy (non-hydrogen) atoms. The third-order valence-electron chi connectivity index (χ3n) is 2.66. The van der Waals surface area contributed by atoms with E-state index in [1.165, 1.54) is 24.3 Å². The van der Waals surface area contributed by atoms with Gasteiger partial charge in [0, 0.05) is 10.0 Å². The van der Waals surface area contributed by atoms with Crippen LogP contribution in [0.4, 0.5) is 5.82 Å². The summed E-state index contributed by atoms with van der Waals surface area (Å²) in [6.45, 7) is 1.82. The maximum atomic E-state index is 12.0. The summed E-state index contributed by atoms with van der Waals surface area (Å²) in [5, 5.41) is 11.4. The molecule has 2 N–H and O–H groups in total. The minimum Gasteiger partial charge on any atom is -0.478 e. The summed E-state index contributed by atoms with van der Waals surface area (Å²) in [7, 11) is 0. The smallest absolute Gasteiger partial charge is 0.335 e. The standard InChI is InChI=1S/C14H11BrN2O3/c1-8-11(15)6-7-12(16-8)17-13(18)9-2-4-10(5-3-9)14(19)20/h2-7H,1H3,(H,19,20)(H,16,17,18). The van der Waals surface area contributed by atoms with Crippen LogP contribution >= 0.6 is 15.9 Å². The van der Waals surface area contributed by atoms with Gasteiger partial charge in [-0.3, -0.25) is 4.79 Å². The Hall–Kier alpha value is -2.21. The zero-order valence-electron chi connectivity index (χ0n) is 10.6. The number of amides is 1. The third-order valence-corrected chi connectivity index (χ3v) is 3.50. The van der Waals surface area contributed by atoms with Crippen molar-refractivity contribution < 1.29 is 14.7 Å². The number of hydrogen-bond acceptors (Lipinski definition) is 3. The van der Waals surface area contributed by atoms with Gasteiger partial charge in [-0.15, -0.1) is 0 Å². The van der Waals surface area contributed by atoms with Gasteiger partial charge in [-0.05, 0) is 59.3 Å². The number of benzene rings is 1. The van der Waals surface area contributed by atoms with Crippen molar-refractivity contribution >= 4 is 33.6 Å². The van der Waals surface area contributed by atoms with Crippen LogP contribution < -0.4 is 5.32 Å². The number of carboxylic acid groups (broad SMARTS) is 1. The lowest BCUT2D eigenvalue weighted by molar-refractivity contribution is 0.0696. The average Bonchev–Trinajstić information content (AvgIpc) is 2.43.